The summed E-state index contributed by atoms with van der Waals surface area (Å²) in [6.07, 6.45) is 4.01. The zero-order chi connectivity index (χ0) is 17.4. The number of nitrogens with one attached hydrogen (secondary N) is 1. The van der Waals surface area contributed by atoms with E-state index in [0.29, 0.717) is 23.6 Å². The van der Waals surface area contributed by atoms with Crippen LogP contribution in [-0.2, 0) is 13.6 Å². The highest BCUT2D eigenvalue weighted by molar-refractivity contribution is 5.62. The summed E-state index contributed by atoms with van der Waals surface area (Å²) in [5.41, 5.74) is 1.69. The highest BCUT2D eigenvalue weighted by atomic mass is 19.1. The first kappa shape index (κ1) is 15.0. The van der Waals surface area contributed by atoms with Crippen molar-refractivity contribution in [3.63, 3.8) is 0 Å². The van der Waals surface area contributed by atoms with Gasteiger partial charge in [-0.1, -0.05) is 5.16 Å². The molecule has 4 rings (SSSR count). The van der Waals surface area contributed by atoms with Crippen LogP contribution in [0.1, 0.15) is 5.69 Å². The molecular weight excluding hydrogens is 329 g/mol. The lowest BCUT2D eigenvalue weighted by Gasteiger charge is -2.05. The first-order chi connectivity index (χ1) is 12.1. The van der Waals surface area contributed by atoms with Crippen LogP contribution < -0.4 is 5.56 Å². The largest absolute Gasteiger partial charge is 0.364 e. The van der Waals surface area contributed by atoms with E-state index in [4.69, 9.17) is 4.52 Å². The third-order valence-electron chi connectivity index (χ3n) is 3.71. The molecule has 0 unspecified atom stereocenters. The summed E-state index contributed by atoms with van der Waals surface area (Å²) < 4.78 is 21.5. The first-order valence-electron chi connectivity index (χ1n) is 7.32. The topological polar surface area (TPSA) is 107 Å². The van der Waals surface area contributed by atoms with Gasteiger partial charge in [0, 0.05) is 19.3 Å². The maximum atomic E-state index is 13.2. The van der Waals surface area contributed by atoms with Crippen molar-refractivity contribution in [2.75, 3.05) is 0 Å². The summed E-state index contributed by atoms with van der Waals surface area (Å²) in [4.78, 5) is 17.8. The Morgan fingerprint density at radius 3 is 2.88 bits per heavy atom. The number of aromatic amines is 1. The van der Waals surface area contributed by atoms with Crippen LogP contribution in [0.5, 0.6) is 0 Å². The van der Waals surface area contributed by atoms with Gasteiger partial charge in [-0.3, -0.25) is 14.2 Å². The second-order valence-electron chi connectivity index (χ2n) is 5.31. The number of aryl methyl sites for hydroxylation is 1. The third-order valence-corrected chi connectivity index (χ3v) is 3.71. The van der Waals surface area contributed by atoms with E-state index in [9.17, 15) is 9.18 Å². The molecule has 9 nitrogen and oxygen atoms in total. The minimum atomic E-state index is -0.949. The van der Waals surface area contributed by atoms with Gasteiger partial charge >= 0.3 is 0 Å². The SMILES string of the molecule is Cn1nccc1Cn1nc(-c2ncc(F)c(=O)[nH]2)cc1-c1ccon1. The highest BCUT2D eigenvalue weighted by Crippen LogP contribution is 2.23. The predicted molar refractivity (Wildman–Crippen MR) is 83.8 cm³/mol. The summed E-state index contributed by atoms with van der Waals surface area (Å²) in [6, 6.07) is 5.26. The van der Waals surface area contributed by atoms with Gasteiger partial charge in [-0.15, -0.1) is 0 Å². The minimum absolute atomic E-state index is 0.167. The average Bonchev–Trinajstić information content (AvgIpc) is 3.32. The molecule has 4 aromatic rings. The van der Waals surface area contributed by atoms with Crippen LogP contribution in [0.2, 0.25) is 0 Å². The molecule has 1 N–H and O–H groups in total. The molecule has 0 amide bonds. The molecule has 0 saturated heterocycles. The Balaban J connectivity index is 1.81. The van der Waals surface area contributed by atoms with E-state index in [1.54, 1.807) is 27.7 Å². The molecule has 0 aromatic carbocycles. The number of H-pyrrole nitrogens is 1. The molecule has 0 spiro atoms. The Hall–Kier alpha value is -3.56. The van der Waals surface area contributed by atoms with Gasteiger partial charge in [-0.2, -0.15) is 14.6 Å². The van der Waals surface area contributed by atoms with Crippen molar-refractivity contribution in [3.8, 4) is 22.9 Å². The number of hydrogen-bond acceptors (Lipinski definition) is 6. The standard InChI is InChI=1S/C15H12FN7O2/c1-22-9(2-4-18-22)8-23-13(11-3-5-25-21-11)6-12(20-23)14-17-7-10(16)15(24)19-14/h2-7H,8H2,1H3,(H,17,19,24). The maximum Gasteiger partial charge on any atom is 0.287 e. The van der Waals surface area contributed by atoms with Crippen LogP contribution in [0.15, 0.2) is 46.2 Å². The Bertz CT molecular complexity index is 1080. The predicted octanol–water partition coefficient (Wildman–Crippen LogP) is 1.21. The Morgan fingerprint density at radius 2 is 2.20 bits per heavy atom. The summed E-state index contributed by atoms with van der Waals surface area (Å²) in [7, 11) is 1.83. The zero-order valence-corrected chi connectivity index (χ0v) is 13.0. The molecule has 25 heavy (non-hydrogen) atoms. The molecule has 0 bridgehead atoms. The van der Waals surface area contributed by atoms with Crippen molar-refractivity contribution in [3.05, 3.63) is 58.7 Å². The van der Waals surface area contributed by atoms with Gasteiger partial charge in [0.15, 0.2) is 5.82 Å². The minimum Gasteiger partial charge on any atom is -0.364 e. The Kier molecular flexibility index (Phi) is 3.49. The zero-order valence-electron chi connectivity index (χ0n) is 13.0. The van der Waals surface area contributed by atoms with Gasteiger partial charge in [0.1, 0.15) is 17.7 Å². The molecule has 126 valence electrons. The quantitative estimate of drug-likeness (QED) is 0.598. The molecule has 0 saturated carbocycles. The van der Waals surface area contributed by atoms with Crippen molar-refractivity contribution in [1.29, 1.82) is 0 Å². The van der Waals surface area contributed by atoms with E-state index < -0.39 is 11.4 Å². The maximum absolute atomic E-state index is 13.2. The molecule has 0 aliphatic rings. The molecule has 0 aliphatic heterocycles. The first-order valence-corrected chi connectivity index (χ1v) is 7.32. The van der Waals surface area contributed by atoms with Crippen molar-refractivity contribution in [2.45, 2.75) is 6.54 Å². The van der Waals surface area contributed by atoms with E-state index in [1.807, 2.05) is 13.1 Å². The van der Waals surface area contributed by atoms with E-state index in [0.717, 1.165) is 11.9 Å². The van der Waals surface area contributed by atoms with Gasteiger partial charge in [0.05, 0.1) is 24.1 Å². The molecular formula is C15H12FN7O2. The van der Waals surface area contributed by atoms with Crippen LogP contribution in [0, 0.1) is 5.82 Å². The fourth-order valence-electron chi connectivity index (χ4n) is 2.42. The number of aromatic nitrogens is 7. The second-order valence-corrected chi connectivity index (χ2v) is 5.31. The Morgan fingerprint density at radius 1 is 1.32 bits per heavy atom. The van der Waals surface area contributed by atoms with Crippen LogP contribution in [0.25, 0.3) is 22.9 Å². The van der Waals surface area contributed by atoms with Gasteiger partial charge in [0.25, 0.3) is 5.56 Å². The Labute approximate surface area is 139 Å². The lowest BCUT2D eigenvalue weighted by Crippen LogP contribution is -2.13. The van der Waals surface area contributed by atoms with Crippen LogP contribution in [0.3, 0.4) is 0 Å². The number of nitrogens with zero attached hydrogens (tertiary/aromatic N) is 6. The summed E-state index contributed by atoms with van der Waals surface area (Å²) in [6.45, 7) is 0.421. The van der Waals surface area contributed by atoms with E-state index >= 15 is 0 Å². The van der Waals surface area contributed by atoms with Gasteiger partial charge in [-0.05, 0) is 12.1 Å². The summed E-state index contributed by atoms with van der Waals surface area (Å²) in [5.74, 6) is -0.783. The van der Waals surface area contributed by atoms with Gasteiger partial charge in [0.2, 0.25) is 5.82 Å². The van der Waals surface area contributed by atoms with E-state index in [-0.39, 0.29) is 5.82 Å². The number of rotatable bonds is 4. The molecule has 0 atom stereocenters. The average molecular weight is 341 g/mol. The monoisotopic (exact) mass is 341 g/mol. The summed E-state index contributed by atoms with van der Waals surface area (Å²) >= 11 is 0. The van der Waals surface area contributed by atoms with Crippen molar-refractivity contribution < 1.29 is 8.91 Å². The normalized spacial score (nSPS) is 11.1. The molecule has 0 fully saturated rings. The van der Waals surface area contributed by atoms with Crippen LogP contribution >= 0.6 is 0 Å². The van der Waals surface area contributed by atoms with E-state index in [1.165, 1.54) is 6.26 Å². The molecule has 4 aromatic heterocycles. The van der Waals surface area contributed by atoms with Crippen LogP contribution in [0.4, 0.5) is 4.39 Å². The van der Waals surface area contributed by atoms with Crippen molar-refractivity contribution >= 4 is 0 Å². The van der Waals surface area contributed by atoms with Crippen LogP contribution in [-0.4, -0.2) is 34.7 Å². The van der Waals surface area contributed by atoms with Crippen molar-refractivity contribution in [2.24, 2.45) is 7.05 Å². The lowest BCUT2D eigenvalue weighted by molar-refractivity contribution is 0.421. The third kappa shape index (κ3) is 2.73. The fraction of sp³-hybridized carbons (Fsp3) is 0.133. The van der Waals surface area contributed by atoms with Crippen molar-refractivity contribution in [1.82, 2.24) is 34.7 Å². The second kappa shape index (κ2) is 5.82. The molecule has 0 aliphatic carbocycles. The molecule has 0 radical (unpaired) electrons. The van der Waals surface area contributed by atoms with Gasteiger partial charge < -0.3 is 9.51 Å². The van der Waals surface area contributed by atoms with E-state index in [2.05, 4.69) is 25.3 Å². The molecule has 10 heteroatoms. The highest BCUT2D eigenvalue weighted by Gasteiger charge is 2.16. The van der Waals surface area contributed by atoms with Gasteiger partial charge in [-0.25, -0.2) is 4.98 Å². The molecule has 4 heterocycles. The fourth-order valence-corrected chi connectivity index (χ4v) is 2.42. The summed E-state index contributed by atoms with van der Waals surface area (Å²) in [5, 5.41) is 12.5. The number of halogens is 1. The number of hydrogen-bond donors (Lipinski definition) is 1. The smallest absolute Gasteiger partial charge is 0.287 e. The lowest BCUT2D eigenvalue weighted by atomic mass is 10.2.